The van der Waals surface area contributed by atoms with E-state index in [1.165, 1.54) is 0 Å². The summed E-state index contributed by atoms with van der Waals surface area (Å²) in [6.07, 6.45) is 1.88. The van der Waals surface area contributed by atoms with Crippen molar-refractivity contribution in [3.63, 3.8) is 0 Å². The summed E-state index contributed by atoms with van der Waals surface area (Å²) < 4.78 is 0. The van der Waals surface area contributed by atoms with Crippen molar-refractivity contribution in [1.82, 2.24) is 20.4 Å². The van der Waals surface area contributed by atoms with E-state index in [9.17, 15) is 14.4 Å². The van der Waals surface area contributed by atoms with Crippen LogP contribution in [0.1, 0.15) is 43.0 Å². The monoisotopic (exact) mass is 424 g/mol. The van der Waals surface area contributed by atoms with Gasteiger partial charge in [-0.2, -0.15) is 0 Å². The summed E-state index contributed by atoms with van der Waals surface area (Å²) in [7, 11) is 0. The summed E-state index contributed by atoms with van der Waals surface area (Å²) in [4.78, 5) is 41.6. The van der Waals surface area contributed by atoms with E-state index in [1.54, 1.807) is 15.9 Å². The zero-order valence-electron chi connectivity index (χ0n) is 18.8. The van der Waals surface area contributed by atoms with Gasteiger partial charge in [-0.1, -0.05) is 43.7 Å². The van der Waals surface area contributed by atoms with Crippen molar-refractivity contribution in [2.75, 3.05) is 26.2 Å². The Balaban J connectivity index is 1.85. The molecule has 4 amide bonds. The highest BCUT2D eigenvalue weighted by Gasteiger charge is 2.43. The van der Waals surface area contributed by atoms with Crippen LogP contribution in [0.4, 0.5) is 4.79 Å². The lowest BCUT2D eigenvalue weighted by Gasteiger charge is -2.33. The molecular weight excluding hydrogens is 392 g/mol. The van der Waals surface area contributed by atoms with E-state index in [4.69, 9.17) is 0 Å². The van der Waals surface area contributed by atoms with Crippen LogP contribution in [0.25, 0.3) is 0 Å². The topological polar surface area (TPSA) is 81.8 Å². The Hall–Kier alpha value is -3.09. The maximum Gasteiger partial charge on any atom is 0.322 e. The van der Waals surface area contributed by atoms with Gasteiger partial charge in [-0.25, -0.2) is 4.79 Å². The first kappa shape index (κ1) is 22.6. The third-order valence-electron chi connectivity index (χ3n) is 5.66. The van der Waals surface area contributed by atoms with Gasteiger partial charge < -0.3 is 15.5 Å². The van der Waals surface area contributed by atoms with E-state index in [-0.39, 0.29) is 24.3 Å². The molecule has 0 fully saturated rings. The molecule has 0 unspecified atom stereocenters. The van der Waals surface area contributed by atoms with Crippen LogP contribution in [-0.4, -0.2) is 53.8 Å². The van der Waals surface area contributed by atoms with E-state index in [2.05, 4.69) is 17.2 Å². The van der Waals surface area contributed by atoms with Crippen molar-refractivity contribution in [2.24, 2.45) is 5.92 Å². The average Bonchev–Trinajstić information content (AvgIpc) is 3.03. The van der Waals surface area contributed by atoms with Gasteiger partial charge >= 0.3 is 6.03 Å². The molecule has 2 aliphatic heterocycles. The molecule has 2 heterocycles. The Morgan fingerprint density at radius 1 is 1.32 bits per heavy atom. The first-order valence-electron chi connectivity index (χ1n) is 10.8. The summed E-state index contributed by atoms with van der Waals surface area (Å²) in [6.45, 7) is 13.4. The number of rotatable bonds is 8. The number of nitrogens with zero attached hydrogens (tertiary/aromatic N) is 2. The van der Waals surface area contributed by atoms with Gasteiger partial charge in [-0.15, -0.1) is 6.58 Å². The standard InChI is InChI=1S/C24H32N4O3/c1-6-10-28-19-14-27(11-9-20(29)25-13-15(2)3)23(30)21(19)22(26-24(28)31)18-8-7-16(4)12-17(18)5/h6-8,12,15,22H,1,9-11,13-14H2,2-5H3,(H,25,29)(H,26,31)/t22-/m0/s1. The summed E-state index contributed by atoms with van der Waals surface area (Å²) in [5, 5.41) is 5.89. The van der Waals surface area contributed by atoms with E-state index in [0.29, 0.717) is 43.4 Å². The molecule has 0 spiro atoms. The molecule has 0 saturated carbocycles. The van der Waals surface area contributed by atoms with Crippen LogP contribution in [0.5, 0.6) is 0 Å². The number of aryl methyl sites for hydroxylation is 2. The Morgan fingerprint density at radius 2 is 2.06 bits per heavy atom. The number of benzene rings is 1. The fraction of sp³-hybridized carbons (Fsp3) is 0.458. The number of amides is 4. The second-order valence-corrected chi connectivity index (χ2v) is 8.68. The lowest BCUT2D eigenvalue weighted by Crippen LogP contribution is -2.47. The lowest BCUT2D eigenvalue weighted by molar-refractivity contribution is -0.127. The van der Waals surface area contributed by atoms with Crippen LogP contribution in [-0.2, 0) is 9.59 Å². The minimum atomic E-state index is -0.503. The minimum absolute atomic E-state index is 0.0746. The predicted octanol–water partition coefficient (Wildman–Crippen LogP) is 2.81. The molecule has 1 aromatic rings. The van der Waals surface area contributed by atoms with Crippen LogP contribution in [0.2, 0.25) is 0 Å². The lowest BCUT2D eigenvalue weighted by atomic mass is 9.91. The molecule has 1 atom stereocenters. The molecule has 0 radical (unpaired) electrons. The van der Waals surface area contributed by atoms with Gasteiger partial charge in [0.25, 0.3) is 5.91 Å². The number of carbonyl (C=O) groups is 3. The van der Waals surface area contributed by atoms with Crippen molar-refractivity contribution < 1.29 is 14.4 Å². The van der Waals surface area contributed by atoms with Gasteiger partial charge in [-0.3, -0.25) is 14.5 Å². The molecule has 2 aliphatic rings. The van der Waals surface area contributed by atoms with Crippen LogP contribution in [0, 0.1) is 19.8 Å². The fourth-order valence-corrected chi connectivity index (χ4v) is 4.08. The van der Waals surface area contributed by atoms with Crippen LogP contribution in [0.15, 0.2) is 42.1 Å². The predicted molar refractivity (Wildman–Crippen MR) is 120 cm³/mol. The number of hydrogen-bond donors (Lipinski definition) is 2. The molecule has 3 rings (SSSR count). The molecule has 7 heteroatoms. The zero-order chi connectivity index (χ0) is 22.7. The smallest absolute Gasteiger partial charge is 0.322 e. The van der Waals surface area contributed by atoms with E-state index in [0.717, 1.165) is 16.7 Å². The summed E-state index contributed by atoms with van der Waals surface area (Å²) in [6, 6.07) is 5.26. The molecule has 0 aliphatic carbocycles. The summed E-state index contributed by atoms with van der Waals surface area (Å²) in [5.41, 5.74) is 4.33. The largest absolute Gasteiger partial charge is 0.356 e. The van der Waals surface area contributed by atoms with Gasteiger partial charge in [-0.05, 0) is 30.9 Å². The summed E-state index contributed by atoms with van der Waals surface area (Å²) in [5.74, 6) is 0.162. The van der Waals surface area contributed by atoms with Gasteiger partial charge in [0.2, 0.25) is 5.91 Å². The van der Waals surface area contributed by atoms with Crippen molar-refractivity contribution >= 4 is 17.8 Å². The molecule has 0 bridgehead atoms. The van der Waals surface area contributed by atoms with Crippen molar-refractivity contribution in [1.29, 1.82) is 0 Å². The molecule has 7 nitrogen and oxygen atoms in total. The molecule has 2 N–H and O–H groups in total. The maximum absolute atomic E-state index is 13.4. The molecular formula is C24H32N4O3. The molecule has 0 aromatic heterocycles. The first-order valence-corrected chi connectivity index (χ1v) is 10.8. The van der Waals surface area contributed by atoms with E-state index >= 15 is 0 Å². The second-order valence-electron chi connectivity index (χ2n) is 8.68. The number of hydrogen-bond acceptors (Lipinski definition) is 3. The molecule has 0 saturated heterocycles. The van der Waals surface area contributed by atoms with Crippen molar-refractivity contribution in [3.8, 4) is 0 Å². The van der Waals surface area contributed by atoms with Gasteiger partial charge in [0, 0.05) is 26.1 Å². The van der Waals surface area contributed by atoms with E-state index < -0.39 is 6.04 Å². The van der Waals surface area contributed by atoms with Crippen LogP contribution in [0.3, 0.4) is 0 Å². The Labute approximate surface area is 184 Å². The van der Waals surface area contributed by atoms with Gasteiger partial charge in [0.1, 0.15) is 0 Å². The average molecular weight is 425 g/mol. The fourth-order valence-electron chi connectivity index (χ4n) is 4.08. The highest BCUT2D eigenvalue weighted by molar-refractivity contribution is 6.01. The molecule has 31 heavy (non-hydrogen) atoms. The minimum Gasteiger partial charge on any atom is -0.356 e. The number of nitrogens with one attached hydrogen (secondary N) is 2. The van der Waals surface area contributed by atoms with Gasteiger partial charge in [0.15, 0.2) is 0 Å². The molecule has 1 aromatic carbocycles. The highest BCUT2D eigenvalue weighted by Crippen LogP contribution is 2.37. The highest BCUT2D eigenvalue weighted by atomic mass is 16.2. The van der Waals surface area contributed by atoms with E-state index in [1.807, 2.05) is 45.9 Å². The third-order valence-corrected chi connectivity index (χ3v) is 5.66. The van der Waals surface area contributed by atoms with Crippen LogP contribution < -0.4 is 10.6 Å². The molecule has 166 valence electrons. The Morgan fingerprint density at radius 3 is 2.71 bits per heavy atom. The maximum atomic E-state index is 13.4. The first-order chi connectivity index (χ1) is 14.7. The number of carbonyl (C=O) groups excluding carboxylic acids is 3. The normalized spacial score (nSPS) is 18.4. The summed E-state index contributed by atoms with van der Waals surface area (Å²) >= 11 is 0. The van der Waals surface area contributed by atoms with Crippen molar-refractivity contribution in [2.45, 2.75) is 40.2 Å². The van der Waals surface area contributed by atoms with Crippen LogP contribution >= 0.6 is 0 Å². The van der Waals surface area contributed by atoms with Gasteiger partial charge in [0.05, 0.1) is 23.9 Å². The quantitative estimate of drug-likeness (QED) is 0.630. The third kappa shape index (κ3) is 4.81. The van der Waals surface area contributed by atoms with Crippen molar-refractivity contribution in [3.05, 3.63) is 58.8 Å². The Bertz CT molecular complexity index is 935. The SMILES string of the molecule is C=CCN1C(=O)N[C@@H](c2ccc(C)cc2C)C2=C1CN(CCC(=O)NCC(C)C)C2=O. The zero-order valence-corrected chi connectivity index (χ0v) is 18.8. The second kappa shape index (κ2) is 9.37. The Kier molecular flexibility index (Phi) is 6.83. The number of urea groups is 1.